The van der Waals surface area contributed by atoms with Crippen molar-refractivity contribution in [3.8, 4) is 0 Å². The molecule has 1 aromatic carbocycles. The highest BCUT2D eigenvalue weighted by Gasteiger charge is 2.41. The van der Waals surface area contributed by atoms with Gasteiger partial charge in [-0.25, -0.2) is 0 Å². The quantitative estimate of drug-likeness (QED) is 0.400. The van der Waals surface area contributed by atoms with Crippen LogP contribution in [0.2, 0.25) is 0 Å². The summed E-state index contributed by atoms with van der Waals surface area (Å²) >= 11 is 5.71. The molecule has 2 atom stereocenters. The van der Waals surface area contributed by atoms with Crippen LogP contribution in [0.4, 0.5) is 5.69 Å². The third-order valence-electron chi connectivity index (χ3n) is 5.81. The molecule has 4 aromatic rings. The predicted octanol–water partition coefficient (Wildman–Crippen LogP) is 3.94. The van der Waals surface area contributed by atoms with Crippen molar-refractivity contribution >= 4 is 28.9 Å². The molecule has 34 heavy (non-hydrogen) atoms. The molecule has 1 saturated heterocycles. The third-order valence-corrected chi connectivity index (χ3v) is 6.17. The van der Waals surface area contributed by atoms with Gasteiger partial charge in [0.05, 0.1) is 17.8 Å². The molecular weight excluding hydrogens is 444 g/mol. The summed E-state index contributed by atoms with van der Waals surface area (Å²) in [6.07, 6.45) is 7.45. The highest BCUT2D eigenvalue weighted by atomic mass is 32.1. The summed E-state index contributed by atoms with van der Waals surface area (Å²) in [5.41, 5.74) is 3.76. The van der Waals surface area contributed by atoms with E-state index in [1.165, 1.54) is 0 Å². The molecule has 0 aliphatic carbocycles. The van der Waals surface area contributed by atoms with Crippen LogP contribution >= 0.6 is 12.2 Å². The van der Waals surface area contributed by atoms with Crippen LogP contribution in [0.3, 0.4) is 0 Å². The normalized spacial score (nSPS) is 17.4. The monoisotopic (exact) mass is 468 g/mol. The number of anilines is 1. The maximum absolute atomic E-state index is 13.0. The lowest BCUT2D eigenvalue weighted by Crippen LogP contribution is -2.37. The number of para-hydroxylation sites is 1. The van der Waals surface area contributed by atoms with Gasteiger partial charge >= 0.3 is 0 Å². The zero-order valence-electron chi connectivity index (χ0n) is 18.4. The number of aromatic nitrogens is 3. The smallest absolute Gasteiger partial charge is 0.244 e. The Morgan fingerprint density at radius 1 is 1.00 bits per heavy atom. The van der Waals surface area contributed by atoms with Crippen molar-refractivity contribution in [3.05, 3.63) is 115 Å². The summed E-state index contributed by atoms with van der Waals surface area (Å²) in [6, 6.07) is 22.9. The van der Waals surface area contributed by atoms with E-state index in [4.69, 9.17) is 12.2 Å². The Bertz CT molecular complexity index is 1260. The number of amides is 1. The van der Waals surface area contributed by atoms with E-state index in [9.17, 15) is 4.79 Å². The van der Waals surface area contributed by atoms with Crippen molar-refractivity contribution in [2.75, 3.05) is 11.9 Å². The van der Waals surface area contributed by atoms with E-state index in [0.29, 0.717) is 11.7 Å². The number of hydrogen-bond donors (Lipinski definition) is 2. The minimum atomic E-state index is -0.212. The third kappa shape index (κ3) is 4.67. The molecule has 1 fully saturated rings. The lowest BCUT2D eigenvalue weighted by Gasteiger charge is -2.28. The number of carbonyl (C=O) groups is 1. The lowest BCUT2D eigenvalue weighted by molar-refractivity contribution is -0.116. The summed E-state index contributed by atoms with van der Waals surface area (Å²) in [4.78, 5) is 23.7. The number of rotatable bonds is 7. The topological polar surface area (TPSA) is 75.1 Å². The zero-order valence-corrected chi connectivity index (χ0v) is 19.2. The maximum atomic E-state index is 13.0. The first-order chi connectivity index (χ1) is 16.7. The van der Waals surface area contributed by atoms with E-state index in [0.717, 1.165) is 22.6 Å². The molecule has 0 radical (unpaired) electrons. The molecule has 4 heterocycles. The summed E-state index contributed by atoms with van der Waals surface area (Å²) in [6.45, 7) is 0.783. The molecule has 7 nitrogen and oxygen atoms in total. The van der Waals surface area contributed by atoms with Crippen LogP contribution in [-0.2, 0) is 11.3 Å². The van der Waals surface area contributed by atoms with Crippen LogP contribution in [0.5, 0.6) is 0 Å². The van der Waals surface area contributed by atoms with Crippen LogP contribution in [0.25, 0.3) is 0 Å². The molecule has 0 bridgehead atoms. The molecule has 5 rings (SSSR count). The second-order valence-electron chi connectivity index (χ2n) is 8.09. The molecule has 8 heteroatoms. The fourth-order valence-electron chi connectivity index (χ4n) is 4.30. The van der Waals surface area contributed by atoms with Crippen molar-refractivity contribution in [2.24, 2.45) is 0 Å². The van der Waals surface area contributed by atoms with E-state index in [2.05, 4.69) is 37.3 Å². The fourth-order valence-corrected chi connectivity index (χ4v) is 4.61. The minimum absolute atomic E-state index is 0.118. The Labute approximate surface area is 203 Å². The summed E-state index contributed by atoms with van der Waals surface area (Å²) in [5, 5.41) is 6.90. The van der Waals surface area contributed by atoms with Gasteiger partial charge in [0.1, 0.15) is 6.54 Å². The van der Waals surface area contributed by atoms with E-state index in [1.54, 1.807) is 12.4 Å². The number of thiocarbonyl (C=S) groups is 1. The number of benzene rings is 1. The summed E-state index contributed by atoms with van der Waals surface area (Å²) in [7, 11) is 0. The molecule has 1 amide bonds. The molecule has 1 aliphatic heterocycles. The number of nitrogens with zero attached hydrogens (tertiary/aromatic N) is 4. The average Bonchev–Trinajstić information content (AvgIpc) is 3.44. The van der Waals surface area contributed by atoms with Gasteiger partial charge in [-0.2, -0.15) is 0 Å². The lowest BCUT2D eigenvalue weighted by atomic mass is 10.0. The number of pyridine rings is 2. The van der Waals surface area contributed by atoms with Gasteiger partial charge in [0.25, 0.3) is 0 Å². The van der Waals surface area contributed by atoms with Gasteiger partial charge < -0.3 is 20.1 Å². The van der Waals surface area contributed by atoms with Crippen molar-refractivity contribution in [1.29, 1.82) is 0 Å². The SMILES string of the molecule is O=C(CN1C(=S)N[C@H](c2ccccn2)[C@@H]1c1cccn1Cc1cccnc1)Nc1ccccc1. The first-order valence-electron chi connectivity index (χ1n) is 11.1. The van der Waals surface area contributed by atoms with Gasteiger partial charge in [-0.05, 0) is 60.2 Å². The van der Waals surface area contributed by atoms with Crippen molar-refractivity contribution < 1.29 is 4.79 Å². The highest BCUT2D eigenvalue weighted by Crippen LogP contribution is 2.38. The van der Waals surface area contributed by atoms with Crippen LogP contribution in [-0.4, -0.2) is 37.0 Å². The molecule has 0 saturated carbocycles. The Morgan fingerprint density at radius 2 is 1.85 bits per heavy atom. The van der Waals surface area contributed by atoms with Crippen LogP contribution in [0, 0.1) is 0 Å². The van der Waals surface area contributed by atoms with E-state index >= 15 is 0 Å². The molecule has 0 unspecified atom stereocenters. The Morgan fingerprint density at radius 3 is 2.62 bits per heavy atom. The highest BCUT2D eigenvalue weighted by molar-refractivity contribution is 7.80. The Hall–Kier alpha value is -4.04. The number of carbonyl (C=O) groups excluding carboxylic acids is 1. The van der Waals surface area contributed by atoms with Crippen LogP contribution in [0.1, 0.15) is 29.0 Å². The Kier molecular flexibility index (Phi) is 6.31. The van der Waals surface area contributed by atoms with Gasteiger partial charge in [0.2, 0.25) is 5.91 Å². The van der Waals surface area contributed by atoms with Gasteiger partial charge in [0, 0.05) is 42.7 Å². The summed E-state index contributed by atoms with van der Waals surface area (Å²) < 4.78 is 2.18. The first-order valence-corrected chi connectivity index (χ1v) is 11.5. The van der Waals surface area contributed by atoms with E-state index in [-0.39, 0.29) is 24.5 Å². The zero-order chi connectivity index (χ0) is 23.3. The van der Waals surface area contributed by atoms with Gasteiger partial charge in [-0.15, -0.1) is 0 Å². The largest absolute Gasteiger partial charge is 0.352 e. The average molecular weight is 469 g/mol. The number of nitrogens with one attached hydrogen (secondary N) is 2. The predicted molar refractivity (Wildman–Crippen MR) is 135 cm³/mol. The van der Waals surface area contributed by atoms with Crippen LogP contribution in [0.15, 0.2) is 97.6 Å². The van der Waals surface area contributed by atoms with Gasteiger partial charge in [0.15, 0.2) is 5.11 Å². The second kappa shape index (κ2) is 9.84. The molecule has 0 spiro atoms. The van der Waals surface area contributed by atoms with Crippen LogP contribution < -0.4 is 10.6 Å². The summed E-state index contributed by atoms with van der Waals surface area (Å²) in [5.74, 6) is -0.132. The standard InChI is InChI=1S/C26H24N6OS/c33-23(29-20-9-2-1-3-10-20)18-32-25(24(30-26(32)34)21-11-4-5-14-28-21)22-12-7-15-31(22)17-19-8-6-13-27-16-19/h1-16,24-25H,17-18H2,(H,29,33)(H,30,34)/t24-,25+/m1/s1. The van der Waals surface area contributed by atoms with Gasteiger partial charge in [-0.1, -0.05) is 30.3 Å². The minimum Gasteiger partial charge on any atom is -0.352 e. The fraction of sp³-hybridized carbons (Fsp3) is 0.154. The van der Waals surface area contributed by atoms with Crippen molar-refractivity contribution in [3.63, 3.8) is 0 Å². The van der Waals surface area contributed by atoms with Gasteiger partial charge in [-0.3, -0.25) is 14.8 Å². The van der Waals surface area contributed by atoms with E-state index in [1.807, 2.05) is 78.0 Å². The molecule has 1 aliphatic rings. The van der Waals surface area contributed by atoms with Crippen molar-refractivity contribution in [2.45, 2.75) is 18.6 Å². The maximum Gasteiger partial charge on any atom is 0.244 e. The molecule has 3 aromatic heterocycles. The molecule has 170 valence electrons. The second-order valence-corrected chi connectivity index (χ2v) is 8.48. The number of hydrogen-bond acceptors (Lipinski definition) is 4. The molecular formula is C26H24N6OS. The van der Waals surface area contributed by atoms with Crippen molar-refractivity contribution in [1.82, 2.24) is 24.8 Å². The Balaban J connectivity index is 1.47. The van der Waals surface area contributed by atoms with E-state index < -0.39 is 0 Å². The molecule has 2 N–H and O–H groups in total. The first kappa shape index (κ1) is 21.8.